The van der Waals surface area contributed by atoms with E-state index in [1.54, 1.807) is 0 Å². The van der Waals surface area contributed by atoms with E-state index in [0.29, 0.717) is 13.2 Å². The number of rotatable bonds is 3. The monoisotopic (exact) mass is 327 g/mol. The zero-order chi connectivity index (χ0) is 14.8. The lowest BCUT2D eigenvalue weighted by atomic mass is 9.80. The van der Waals surface area contributed by atoms with Crippen LogP contribution in [0.15, 0.2) is 16.6 Å². The standard InChI is InChI=1S/C16H26BrNO/c1-15(2,3)11-9-12(16(4,5)6)14(13(17)10-11)19-8-7-18/h9-10H,7-8,18H2,1-6H3. The van der Waals surface area contributed by atoms with Crippen LogP contribution >= 0.6 is 15.9 Å². The van der Waals surface area contributed by atoms with E-state index in [9.17, 15) is 0 Å². The van der Waals surface area contributed by atoms with Crippen LogP contribution in [0.2, 0.25) is 0 Å². The molecule has 0 amide bonds. The third kappa shape index (κ3) is 4.22. The highest BCUT2D eigenvalue weighted by Crippen LogP contribution is 2.40. The molecule has 2 nitrogen and oxygen atoms in total. The highest BCUT2D eigenvalue weighted by atomic mass is 79.9. The van der Waals surface area contributed by atoms with Crippen LogP contribution in [0.5, 0.6) is 5.75 Å². The fourth-order valence-electron chi connectivity index (χ4n) is 1.89. The second-order valence-electron chi connectivity index (χ2n) is 6.97. The largest absolute Gasteiger partial charge is 0.491 e. The van der Waals surface area contributed by atoms with Crippen LogP contribution in [0.3, 0.4) is 0 Å². The van der Waals surface area contributed by atoms with E-state index in [4.69, 9.17) is 10.5 Å². The van der Waals surface area contributed by atoms with E-state index >= 15 is 0 Å². The number of hydrogen-bond donors (Lipinski definition) is 1. The molecule has 3 heteroatoms. The van der Waals surface area contributed by atoms with Crippen LogP contribution in [0.25, 0.3) is 0 Å². The topological polar surface area (TPSA) is 35.2 Å². The zero-order valence-electron chi connectivity index (χ0n) is 12.9. The van der Waals surface area contributed by atoms with Gasteiger partial charge in [0.25, 0.3) is 0 Å². The molecule has 0 saturated carbocycles. The van der Waals surface area contributed by atoms with E-state index < -0.39 is 0 Å². The predicted octanol–water partition coefficient (Wildman–Crippen LogP) is 4.38. The Morgan fingerprint density at radius 1 is 1.05 bits per heavy atom. The molecule has 0 spiro atoms. The van der Waals surface area contributed by atoms with Crippen molar-refractivity contribution >= 4 is 15.9 Å². The van der Waals surface area contributed by atoms with Gasteiger partial charge in [-0.05, 0) is 38.4 Å². The first-order valence-electron chi connectivity index (χ1n) is 6.74. The number of benzene rings is 1. The van der Waals surface area contributed by atoms with Gasteiger partial charge in [-0.25, -0.2) is 0 Å². The van der Waals surface area contributed by atoms with Crippen LogP contribution in [0, 0.1) is 0 Å². The lowest BCUT2D eigenvalue weighted by molar-refractivity contribution is 0.316. The van der Waals surface area contributed by atoms with Crippen molar-refractivity contribution in [2.24, 2.45) is 5.73 Å². The average molecular weight is 328 g/mol. The Balaban J connectivity index is 3.39. The van der Waals surface area contributed by atoms with Gasteiger partial charge in [-0.3, -0.25) is 0 Å². The first-order chi connectivity index (χ1) is 8.57. The molecule has 0 aliphatic rings. The Kier molecular flexibility index (Phi) is 5.08. The van der Waals surface area contributed by atoms with E-state index in [2.05, 4.69) is 69.6 Å². The van der Waals surface area contributed by atoms with Crippen molar-refractivity contribution < 1.29 is 4.74 Å². The summed E-state index contributed by atoms with van der Waals surface area (Å²) in [4.78, 5) is 0. The minimum absolute atomic E-state index is 0.0354. The quantitative estimate of drug-likeness (QED) is 0.893. The molecular formula is C16H26BrNO. The lowest BCUT2D eigenvalue weighted by Gasteiger charge is -2.28. The third-order valence-corrected chi connectivity index (χ3v) is 3.67. The summed E-state index contributed by atoms with van der Waals surface area (Å²) in [5.74, 6) is 0.922. The Labute approximate surface area is 125 Å². The summed E-state index contributed by atoms with van der Waals surface area (Å²) in [5.41, 5.74) is 8.23. The molecule has 0 fully saturated rings. The van der Waals surface area contributed by atoms with E-state index in [0.717, 1.165) is 10.2 Å². The van der Waals surface area contributed by atoms with Gasteiger partial charge >= 0.3 is 0 Å². The smallest absolute Gasteiger partial charge is 0.137 e. The van der Waals surface area contributed by atoms with Crippen molar-refractivity contribution in [2.75, 3.05) is 13.2 Å². The molecular weight excluding hydrogens is 302 g/mol. The first-order valence-corrected chi connectivity index (χ1v) is 7.54. The Bertz CT molecular complexity index is 441. The summed E-state index contributed by atoms with van der Waals surface area (Å²) in [6, 6.07) is 4.41. The summed E-state index contributed by atoms with van der Waals surface area (Å²) in [6.07, 6.45) is 0. The summed E-state index contributed by atoms with van der Waals surface area (Å²) < 4.78 is 6.85. The van der Waals surface area contributed by atoms with Crippen LogP contribution < -0.4 is 10.5 Å². The Morgan fingerprint density at radius 3 is 2.05 bits per heavy atom. The highest BCUT2D eigenvalue weighted by molar-refractivity contribution is 9.10. The maximum absolute atomic E-state index is 5.84. The molecule has 2 N–H and O–H groups in total. The average Bonchev–Trinajstić information content (AvgIpc) is 2.23. The molecule has 0 aliphatic carbocycles. The molecule has 108 valence electrons. The van der Waals surface area contributed by atoms with Crippen LogP contribution in [0.1, 0.15) is 52.7 Å². The first kappa shape index (κ1) is 16.5. The molecule has 0 bridgehead atoms. The van der Waals surface area contributed by atoms with Gasteiger partial charge in [0.1, 0.15) is 12.4 Å². The van der Waals surface area contributed by atoms with Crippen molar-refractivity contribution in [1.29, 1.82) is 0 Å². The number of nitrogens with two attached hydrogens (primary N) is 1. The SMILES string of the molecule is CC(C)(C)c1cc(Br)c(OCCN)c(C(C)(C)C)c1. The normalized spacial score (nSPS) is 12.6. The summed E-state index contributed by atoms with van der Waals surface area (Å²) in [5, 5.41) is 0. The van der Waals surface area contributed by atoms with Crippen molar-refractivity contribution in [3.63, 3.8) is 0 Å². The molecule has 1 aromatic rings. The predicted molar refractivity (Wildman–Crippen MR) is 86.1 cm³/mol. The van der Waals surface area contributed by atoms with Gasteiger partial charge in [-0.2, -0.15) is 0 Å². The fourth-order valence-corrected chi connectivity index (χ4v) is 2.47. The Morgan fingerprint density at radius 2 is 1.63 bits per heavy atom. The molecule has 0 saturated heterocycles. The van der Waals surface area contributed by atoms with Gasteiger partial charge < -0.3 is 10.5 Å². The molecule has 1 rings (SSSR count). The molecule has 19 heavy (non-hydrogen) atoms. The molecule has 0 radical (unpaired) electrons. The maximum Gasteiger partial charge on any atom is 0.137 e. The molecule has 0 aromatic heterocycles. The minimum Gasteiger partial charge on any atom is -0.491 e. The van der Waals surface area contributed by atoms with Crippen molar-refractivity contribution in [3.05, 3.63) is 27.7 Å². The van der Waals surface area contributed by atoms with Gasteiger partial charge in [-0.15, -0.1) is 0 Å². The lowest BCUT2D eigenvalue weighted by Crippen LogP contribution is -2.19. The summed E-state index contributed by atoms with van der Waals surface area (Å²) in [6.45, 7) is 14.3. The number of hydrogen-bond acceptors (Lipinski definition) is 2. The molecule has 0 heterocycles. The minimum atomic E-state index is 0.0354. The van der Waals surface area contributed by atoms with Crippen molar-refractivity contribution in [2.45, 2.75) is 52.4 Å². The van der Waals surface area contributed by atoms with Gasteiger partial charge in [-0.1, -0.05) is 47.6 Å². The number of ether oxygens (including phenoxy) is 1. The van der Waals surface area contributed by atoms with Crippen LogP contribution in [0.4, 0.5) is 0 Å². The van der Waals surface area contributed by atoms with Gasteiger partial charge in [0, 0.05) is 12.1 Å². The summed E-state index contributed by atoms with van der Waals surface area (Å²) in [7, 11) is 0. The van der Waals surface area contributed by atoms with Crippen molar-refractivity contribution in [3.8, 4) is 5.75 Å². The van der Waals surface area contributed by atoms with E-state index in [1.807, 2.05) is 0 Å². The van der Waals surface area contributed by atoms with E-state index in [1.165, 1.54) is 11.1 Å². The summed E-state index contributed by atoms with van der Waals surface area (Å²) >= 11 is 3.65. The van der Waals surface area contributed by atoms with Crippen molar-refractivity contribution in [1.82, 2.24) is 0 Å². The molecule has 0 unspecified atom stereocenters. The Hall–Kier alpha value is -0.540. The van der Waals surface area contributed by atoms with Gasteiger partial charge in [0.05, 0.1) is 4.47 Å². The van der Waals surface area contributed by atoms with Crippen LogP contribution in [-0.4, -0.2) is 13.2 Å². The highest BCUT2D eigenvalue weighted by Gasteiger charge is 2.25. The van der Waals surface area contributed by atoms with Crippen LogP contribution in [-0.2, 0) is 10.8 Å². The molecule has 1 aromatic carbocycles. The fraction of sp³-hybridized carbons (Fsp3) is 0.625. The van der Waals surface area contributed by atoms with Gasteiger partial charge in [0.2, 0.25) is 0 Å². The second-order valence-corrected chi connectivity index (χ2v) is 7.83. The van der Waals surface area contributed by atoms with E-state index in [-0.39, 0.29) is 10.8 Å². The molecule has 0 aliphatic heterocycles. The van der Waals surface area contributed by atoms with Gasteiger partial charge in [0.15, 0.2) is 0 Å². The second kappa shape index (κ2) is 5.84. The number of halogens is 1. The maximum atomic E-state index is 5.84. The molecule has 0 atom stereocenters. The third-order valence-electron chi connectivity index (χ3n) is 3.08. The zero-order valence-corrected chi connectivity index (χ0v) is 14.5.